The summed E-state index contributed by atoms with van der Waals surface area (Å²) in [6, 6.07) is 13.8. The fourth-order valence-corrected chi connectivity index (χ4v) is 2.74. The molecular weight excluding hydrogens is 374 g/mol. The molecule has 3 rings (SSSR count). The summed E-state index contributed by atoms with van der Waals surface area (Å²) in [7, 11) is 0. The van der Waals surface area contributed by atoms with E-state index < -0.39 is 4.92 Å². The number of benzene rings is 2. The van der Waals surface area contributed by atoms with Crippen molar-refractivity contribution < 1.29 is 4.92 Å². The van der Waals surface area contributed by atoms with E-state index in [9.17, 15) is 10.1 Å². The lowest BCUT2D eigenvalue weighted by Gasteiger charge is -2.11. The molecule has 0 amide bonds. The second kappa shape index (κ2) is 7.94. The van der Waals surface area contributed by atoms with Crippen LogP contribution in [0.5, 0.6) is 0 Å². The number of anilines is 2. The molecule has 0 aliphatic rings. The number of nitro groups is 1. The Hall–Kier alpha value is -2.97. The van der Waals surface area contributed by atoms with Gasteiger partial charge in [0, 0.05) is 29.7 Å². The molecule has 2 aromatic carbocycles. The number of nitrogens with zero attached hydrogens (tertiary/aromatic N) is 3. The van der Waals surface area contributed by atoms with Gasteiger partial charge in [0.1, 0.15) is 0 Å². The van der Waals surface area contributed by atoms with E-state index in [1.54, 1.807) is 29.2 Å². The van der Waals surface area contributed by atoms with Crippen LogP contribution in [-0.4, -0.2) is 19.8 Å². The monoisotopic (exact) mass is 387 g/mol. The predicted octanol–water partition coefficient (Wildman–Crippen LogP) is 4.30. The summed E-state index contributed by atoms with van der Waals surface area (Å²) in [5.74, 6) is 0. The SMILES string of the molecule is O=[N+]([O-])c1cccc(NC(=S)Nc2cccc(Cn3cc(Cl)cn3)c2)c1. The van der Waals surface area contributed by atoms with Crippen LogP contribution in [0.25, 0.3) is 0 Å². The van der Waals surface area contributed by atoms with E-state index in [0.717, 1.165) is 11.3 Å². The van der Waals surface area contributed by atoms with Crippen molar-refractivity contribution in [2.24, 2.45) is 0 Å². The quantitative estimate of drug-likeness (QED) is 0.385. The molecule has 2 N–H and O–H groups in total. The topological polar surface area (TPSA) is 85.0 Å². The Labute approximate surface area is 159 Å². The van der Waals surface area contributed by atoms with Gasteiger partial charge in [0.15, 0.2) is 5.11 Å². The normalized spacial score (nSPS) is 10.3. The molecule has 1 aromatic heterocycles. The summed E-state index contributed by atoms with van der Waals surface area (Å²) in [6.45, 7) is 0.577. The Morgan fingerprint density at radius 3 is 2.54 bits per heavy atom. The van der Waals surface area contributed by atoms with Crippen molar-refractivity contribution in [3.63, 3.8) is 0 Å². The van der Waals surface area contributed by atoms with Gasteiger partial charge in [-0.25, -0.2) is 0 Å². The minimum Gasteiger partial charge on any atom is -0.332 e. The van der Waals surface area contributed by atoms with Crippen LogP contribution in [0.4, 0.5) is 17.1 Å². The number of nitrogens with one attached hydrogen (secondary N) is 2. The van der Waals surface area contributed by atoms with Gasteiger partial charge in [-0.05, 0) is 36.0 Å². The fourth-order valence-electron chi connectivity index (χ4n) is 2.35. The van der Waals surface area contributed by atoms with Gasteiger partial charge < -0.3 is 10.6 Å². The first kappa shape index (κ1) is 17.8. The third-order valence-corrected chi connectivity index (χ3v) is 3.85. The Kier molecular flexibility index (Phi) is 5.45. The van der Waals surface area contributed by atoms with Gasteiger partial charge in [0.2, 0.25) is 0 Å². The van der Waals surface area contributed by atoms with E-state index >= 15 is 0 Å². The summed E-state index contributed by atoms with van der Waals surface area (Å²) in [4.78, 5) is 10.4. The molecule has 0 atom stereocenters. The third-order valence-electron chi connectivity index (χ3n) is 3.45. The van der Waals surface area contributed by atoms with E-state index in [-0.39, 0.29) is 5.69 Å². The van der Waals surface area contributed by atoms with Crippen molar-refractivity contribution in [3.8, 4) is 0 Å². The highest BCUT2D eigenvalue weighted by molar-refractivity contribution is 7.80. The molecule has 0 radical (unpaired) electrons. The maximum absolute atomic E-state index is 10.8. The summed E-state index contributed by atoms with van der Waals surface area (Å²) < 4.78 is 1.74. The fraction of sp³-hybridized carbons (Fsp3) is 0.0588. The zero-order valence-electron chi connectivity index (χ0n) is 13.4. The predicted molar refractivity (Wildman–Crippen MR) is 106 cm³/mol. The average molecular weight is 388 g/mol. The van der Waals surface area contributed by atoms with Crippen molar-refractivity contribution in [1.29, 1.82) is 0 Å². The lowest BCUT2D eigenvalue weighted by molar-refractivity contribution is -0.384. The molecule has 3 aromatic rings. The van der Waals surface area contributed by atoms with E-state index in [1.165, 1.54) is 12.1 Å². The molecule has 26 heavy (non-hydrogen) atoms. The molecule has 0 saturated heterocycles. The number of thiocarbonyl (C=S) groups is 1. The number of non-ortho nitro benzene ring substituents is 1. The van der Waals surface area contributed by atoms with Crippen LogP contribution in [0, 0.1) is 10.1 Å². The highest BCUT2D eigenvalue weighted by atomic mass is 35.5. The molecule has 0 unspecified atom stereocenters. The van der Waals surface area contributed by atoms with Crippen molar-refractivity contribution in [3.05, 3.63) is 81.6 Å². The number of hydrogen-bond donors (Lipinski definition) is 2. The summed E-state index contributed by atoms with van der Waals surface area (Å²) >= 11 is 11.1. The Morgan fingerprint density at radius 2 is 1.88 bits per heavy atom. The van der Waals surface area contributed by atoms with Crippen LogP contribution in [0.15, 0.2) is 60.9 Å². The Balaban J connectivity index is 1.65. The smallest absolute Gasteiger partial charge is 0.271 e. The van der Waals surface area contributed by atoms with Crippen LogP contribution >= 0.6 is 23.8 Å². The summed E-state index contributed by atoms with van der Waals surface area (Å²) in [5.41, 5.74) is 2.35. The maximum Gasteiger partial charge on any atom is 0.271 e. The standard InChI is InChI=1S/C17H14ClN5O2S/c18-13-9-19-22(11-13)10-12-3-1-4-14(7-12)20-17(26)21-15-5-2-6-16(8-15)23(24)25/h1-9,11H,10H2,(H2,20,21,26). The summed E-state index contributed by atoms with van der Waals surface area (Å²) in [6.07, 6.45) is 3.33. The Morgan fingerprint density at radius 1 is 1.19 bits per heavy atom. The minimum atomic E-state index is -0.452. The van der Waals surface area contributed by atoms with E-state index in [1.807, 2.05) is 24.3 Å². The van der Waals surface area contributed by atoms with Gasteiger partial charge in [0.25, 0.3) is 5.69 Å². The zero-order chi connectivity index (χ0) is 18.5. The molecule has 0 bridgehead atoms. The molecular formula is C17H14ClN5O2S. The molecule has 7 nitrogen and oxygen atoms in total. The molecule has 0 fully saturated rings. The number of rotatable bonds is 5. The van der Waals surface area contributed by atoms with Crippen molar-refractivity contribution in [2.75, 3.05) is 10.6 Å². The van der Waals surface area contributed by atoms with Crippen LogP contribution in [0.3, 0.4) is 0 Å². The molecule has 0 spiro atoms. The second-order valence-corrected chi connectivity index (χ2v) is 6.29. The van der Waals surface area contributed by atoms with Gasteiger partial charge in [0.05, 0.1) is 22.7 Å². The largest absolute Gasteiger partial charge is 0.332 e. The molecule has 0 aliphatic heterocycles. The van der Waals surface area contributed by atoms with Gasteiger partial charge >= 0.3 is 0 Å². The molecule has 9 heteroatoms. The van der Waals surface area contributed by atoms with Crippen molar-refractivity contribution in [2.45, 2.75) is 6.54 Å². The van der Waals surface area contributed by atoms with E-state index in [2.05, 4.69) is 15.7 Å². The van der Waals surface area contributed by atoms with Crippen LogP contribution < -0.4 is 10.6 Å². The molecule has 0 aliphatic carbocycles. The van der Waals surface area contributed by atoms with Gasteiger partial charge in [-0.1, -0.05) is 29.8 Å². The van der Waals surface area contributed by atoms with Crippen molar-refractivity contribution in [1.82, 2.24) is 9.78 Å². The van der Waals surface area contributed by atoms with Crippen LogP contribution in [0.2, 0.25) is 5.02 Å². The first-order valence-electron chi connectivity index (χ1n) is 7.59. The van der Waals surface area contributed by atoms with Crippen LogP contribution in [0.1, 0.15) is 5.56 Å². The number of hydrogen-bond acceptors (Lipinski definition) is 4. The van der Waals surface area contributed by atoms with Gasteiger partial charge in [-0.3, -0.25) is 14.8 Å². The third kappa shape index (κ3) is 4.78. The van der Waals surface area contributed by atoms with Gasteiger partial charge in [-0.2, -0.15) is 5.10 Å². The van der Waals surface area contributed by atoms with Crippen molar-refractivity contribution >= 4 is 46.0 Å². The number of halogens is 1. The molecule has 1 heterocycles. The zero-order valence-corrected chi connectivity index (χ0v) is 15.0. The minimum absolute atomic E-state index is 0.00215. The molecule has 132 valence electrons. The first-order valence-corrected chi connectivity index (χ1v) is 8.37. The lowest BCUT2D eigenvalue weighted by atomic mass is 10.2. The van der Waals surface area contributed by atoms with Gasteiger partial charge in [-0.15, -0.1) is 0 Å². The maximum atomic E-state index is 10.8. The second-order valence-electron chi connectivity index (χ2n) is 5.44. The van der Waals surface area contributed by atoms with E-state index in [0.29, 0.717) is 22.4 Å². The summed E-state index contributed by atoms with van der Waals surface area (Å²) in [5, 5.41) is 21.9. The number of nitro benzene ring substituents is 1. The first-order chi connectivity index (χ1) is 12.5. The highest BCUT2D eigenvalue weighted by Crippen LogP contribution is 2.18. The van der Waals surface area contributed by atoms with Crippen LogP contribution in [-0.2, 0) is 6.54 Å². The highest BCUT2D eigenvalue weighted by Gasteiger charge is 2.07. The Bertz CT molecular complexity index is 960. The number of aromatic nitrogens is 2. The average Bonchev–Trinajstić information content (AvgIpc) is 3.00. The molecule has 0 saturated carbocycles. The van der Waals surface area contributed by atoms with E-state index in [4.69, 9.17) is 23.8 Å². The lowest BCUT2D eigenvalue weighted by Crippen LogP contribution is -2.19.